The van der Waals surface area contributed by atoms with Crippen molar-refractivity contribution in [1.82, 2.24) is 0 Å². The number of rotatable bonds is 14. The van der Waals surface area contributed by atoms with Crippen LogP contribution in [0.4, 0.5) is 0 Å². The topological polar surface area (TPSA) is 74.2 Å². The predicted octanol–water partition coefficient (Wildman–Crippen LogP) is 4.47. The maximum absolute atomic E-state index is 11.4. The van der Waals surface area contributed by atoms with Gasteiger partial charge in [0.2, 0.25) is 0 Å². The molecule has 0 radical (unpaired) electrons. The van der Waals surface area contributed by atoms with Gasteiger partial charge < -0.3 is 24.1 Å². The molecule has 0 aliphatic heterocycles. The number of hydrogen-bond donors (Lipinski definition) is 1. The second kappa shape index (κ2) is 12.6. The Hall–Kier alpha value is -1.79. The van der Waals surface area contributed by atoms with E-state index in [1.54, 1.807) is 13.2 Å². The van der Waals surface area contributed by atoms with Crippen molar-refractivity contribution in [2.45, 2.75) is 59.2 Å². The van der Waals surface area contributed by atoms with Crippen LogP contribution in [0.2, 0.25) is 0 Å². The van der Waals surface area contributed by atoms with Crippen molar-refractivity contribution in [3.63, 3.8) is 0 Å². The average Bonchev–Trinajstić information content (AvgIpc) is 2.66. The summed E-state index contributed by atoms with van der Waals surface area (Å²) in [5.41, 5.74) is 0.796. The minimum absolute atomic E-state index is 0.0943. The van der Waals surface area contributed by atoms with E-state index >= 15 is 0 Å². The molecule has 6 heteroatoms. The lowest BCUT2D eigenvalue weighted by atomic mass is 9.94. The smallest absolute Gasteiger partial charge is 0.304 e. The van der Waals surface area contributed by atoms with Gasteiger partial charge in [-0.3, -0.25) is 4.79 Å². The fraction of sp³-hybridized carbons (Fsp3) is 0.667. The lowest BCUT2D eigenvalue weighted by Crippen LogP contribution is -2.28. The van der Waals surface area contributed by atoms with Crippen LogP contribution >= 0.6 is 0 Å². The number of carboxylic acids is 1. The van der Waals surface area contributed by atoms with Crippen LogP contribution in [0.15, 0.2) is 18.2 Å². The summed E-state index contributed by atoms with van der Waals surface area (Å²) in [6, 6.07) is 5.50. The Morgan fingerprint density at radius 1 is 1.04 bits per heavy atom. The van der Waals surface area contributed by atoms with Crippen molar-refractivity contribution >= 4 is 5.97 Å². The molecule has 1 aromatic carbocycles. The Labute approximate surface area is 162 Å². The SMILES string of the molecule is CCOC(OCC)C(CC(=O)O)c1ccc(OC)c(OCC(CC)CC)c1. The molecule has 0 saturated heterocycles. The van der Waals surface area contributed by atoms with E-state index in [9.17, 15) is 9.90 Å². The highest BCUT2D eigenvalue weighted by atomic mass is 16.7. The average molecular weight is 382 g/mol. The molecule has 6 nitrogen and oxygen atoms in total. The molecule has 27 heavy (non-hydrogen) atoms. The Morgan fingerprint density at radius 3 is 2.15 bits per heavy atom. The molecule has 0 aliphatic rings. The van der Waals surface area contributed by atoms with E-state index in [0.717, 1.165) is 18.4 Å². The molecule has 154 valence electrons. The number of benzene rings is 1. The first-order valence-corrected chi connectivity index (χ1v) is 9.76. The lowest BCUT2D eigenvalue weighted by molar-refractivity contribution is -0.160. The zero-order valence-electron chi connectivity index (χ0n) is 17.2. The maximum Gasteiger partial charge on any atom is 0.304 e. The van der Waals surface area contributed by atoms with Gasteiger partial charge in [-0.1, -0.05) is 32.8 Å². The van der Waals surface area contributed by atoms with Crippen molar-refractivity contribution in [3.05, 3.63) is 23.8 Å². The van der Waals surface area contributed by atoms with Crippen molar-refractivity contribution in [3.8, 4) is 11.5 Å². The molecule has 1 N–H and O–H groups in total. The van der Waals surface area contributed by atoms with Crippen LogP contribution < -0.4 is 9.47 Å². The quantitative estimate of drug-likeness (QED) is 0.479. The molecule has 0 aliphatic carbocycles. The molecule has 1 rings (SSSR count). The minimum Gasteiger partial charge on any atom is -0.493 e. The Kier molecular flexibility index (Phi) is 10.8. The van der Waals surface area contributed by atoms with E-state index in [4.69, 9.17) is 18.9 Å². The van der Waals surface area contributed by atoms with Crippen LogP contribution in [0.5, 0.6) is 11.5 Å². The maximum atomic E-state index is 11.4. The van der Waals surface area contributed by atoms with Crippen LogP contribution in [0, 0.1) is 5.92 Å². The summed E-state index contributed by atoms with van der Waals surface area (Å²) in [5.74, 6) is 0.364. The van der Waals surface area contributed by atoms with E-state index in [2.05, 4.69) is 13.8 Å². The van der Waals surface area contributed by atoms with E-state index in [0.29, 0.717) is 37.2 Å². The highest BCUT2D eigenvalue weighted by molar-refractivity contribution is 5.68. The molecule has 0 aromatic heterocycles. The Bertz CT molecular complexity index is 550. The van der Waals surface area contributed by atoms with Crippen LogP contribution in [0.3, 0.4) is 0 Å². The molecule has 1 atom stereocenters. The standard InChI is InChI=1S/C21H34O6/c1-6-15(7-2)14-27-19-12-16(10-11-18(19)24-5)17(13-20(22)23)21(25-8-3)26-9-4/h10-12,15,17,21H,6-9,13-14H2,1-5H3,(H,22,23). The van der Waals surface area contributed by atoms with Crippen molar-refractivity contribution in [2.24, 2.45) is 5.92 Å². The van der Waals surface area contributed by atoms with Gasteiger partial charge in [0, 0.05) is 19.1 Å². The van der Waals surface area contributed by atoms with Gasteiger partial charge in [0.25, 0.3) is 0 Å². The highest BCUT2D eigenvalue weighted by Gasteiger charge is 2.28. The highest BCUT2D eigenvalue weighted by Crippen LogP contribution is 2.35. The lowest BCUT2D eigenvalue weighted by Gasteiger charge is -2.27. The van der Waals surface area contributed by atoms with E-state index in [1.807, 2.05) is 26.0 Å². The van der Waals surface area contributed by atoms with Gasteiger partial charge in [-0.2, -0.15) is 0 Å². The van der Waals surface area contributed by atoms with Gasteiger partial charge >= 0.3 is 5.97 Å². The minimum atomic E-state index is -0.903. The molecular formula is C21H34O6. The van der Waals surface area contributed by atoms with Gasteiger partial charge in [-0.25, -0.2) is 0 Å². The van der Waals surface area contributed by atoms with Crippen molar-refractivity contribution in [1.29, 1.82) is 0 Å². The number of hydrogen-bond acceptors (Lipinski definition) is 5. The largest absolute Gasteiger partial charge is 0.493 e. The summed E-state index contributed by atoms with van der Waals surface area (Å²) in [7, 11) is 1.59. The third kappa shape index (κ3) is 7.39. The Morgan fingerprint density at radius 2 is 1.67 bits per heavy atom. The van der Waals surface area contributed by atoms with Crippen molar-refractivity contribution < 1.29 is 28.8 Å². The first-order chi connectivity index (χ1) is 13.0. The first-order valence-electron chi connectivity index (χ1n) is 9.76. The van der Waals surface area contributed by atoms with Gasteiger partial charge in [-0.05, 0) is 37.5 Å². The summed E-state index contributed by atoms with van der Waals surface area (Å²) in [6.45, 7) is 9.48. The monoisotopic (exact) mass is 382 g/mol. The molecule has 0 saturated carbocycles. The van der Waals surface area contributed by atoms with Crippen LogP contribution in [-0.4, -0.2) is 44.3 Å². The zero-order chi connectivity index (χ0) is 20.2. The molecule has 0 amide bonds. The second-order valence-corrected chi connectivity index (χ2v) is 6.39. The van der Waals surface area contributed by atoms with Crippen LogP contribution in [-0.2, 0) is 14.3 Å². The van der Waals surface area contributed by atoms with Crippen molar-refractivity contribution in [2.75, 3.05) is 26.9 Å². The number of carbonyl (C=O) groups is 1. The van der Waals surface area contributed by atoms with Crippen LogP contribution in [0.25, 0.3) is 0 Å². The number of methoxy groups -OCH3 is 1. The summed E-state index contributed by atoms with van der Waals surface area (Å²) in [5, 5.41) is 9.37. The second-order valence-electron chi connectivity index (χ2n) is 6.39. The third-order valence-electron chi connectivity index (χ3n) is 4.63. The van der Waals surface area contributed by atoms with Gasteiger partial charge in [0.15, 0.2) is 17.8 Å². The third-order valence-corrected chi connectivity index (χ3v) is 4.63. The van der Waals surface area contributed by atoms with E-state index < -0.39 is 18.2 Å². The fourth-order valence-corrected chi connectivity index (χ4v) is 2.94. The fourth-order valence-electron chi connectivity index (χ4n) is 2.94. The van der Waals surface area contributed by atoms with Crippen LogP contribution in [0.1, 0.15) is 58.4 Å². The molecular weight excluding hydrogens is 348 g/mol. The van der Waals surface area contributed by atoms with E-state index in [1.165, 1.54) is 0 Å². The van der Waals surface area contributed by atoms with Gasteiger partial charge in [0.1, 0.15) is 0 Å². The predicted molar refractivity (Wildman–Crippen MR) is 105 cm³/mol. The molecule has 0 bridgehead atoms. The summed E-state index contributed by atoms with van der Waals surface area (Å²) in [6.07, 6.45) is 1.35. The van der Waals surface area contributed by atoms with Gasteiger partial charge in [0.05, 0.1) is 20.1 Å². The number of aliphatic carboxylic acids is 1. The summed E-state index contributed by atoms with van der Waals surface area (Å²) in [4.78, 5) is 11.4. The van der Waals surface area contributed by atoms with E-state index in [-0.39, 0.29) is 6.42 Å². The molecule has 1 aromatic rings. The molecule has 1 unspecified atom stereocenters. The summed E-state index contributed by atoms with van der Waals surface area (Å²) < 4.78 is 22.8. The molecule has 0 spiro atoms. The first kappa shape index (κ1) is 23.2. The zero-order valence-corrected chi connectivity index (χ0v) is 17.2. The molecule has 0 heterocycles. The van der Waals surface area contributed by atoms with Gasteiger partial charge in [-0.15, -0.1) is 0 Å². The number of ether oxygens (including phenoxy) is 4. The number of carboxylic acid groups (broad SMARTS) is 1. The Balaban J connectivity index is 3.16. The summed E-state index contributed by atoms with van der Waals surface area (Å²) >= 11 is 0. The molecule has 0 fully saturated rings. The normalized spacial score (nSPS) is 12.4.